The van der Waals surface area contributed by atoms with Gasteiger partial charge >= 0.3 is 6.61 Å². The lowest BCUT2D eigenvalue weighted by Crippen LogP contribution is -2.63. The number of nitrogens with zero attached hydrogens (tertiary/aromatic N) is 1. The second-order valence-corrected chi connectivity index (χ2v) is 6.42. The number of hydrogen-bond acceptors (Lipinski definition) is 3. The fourth-order valence-electron chi connectivity index (χ4n) is 3.22. The van der Waals surface area contributed by atoms with E-state index in [4.69, 9.17) is 0 Å². The van der Waals surface area contributed by atoms with Crippen LogP contribution >= 0.6 is 0 Å². The first-order valence-corrected chi connectivity index (χ1v) is 7.54. The van der Waals surface area contributed by atoms with Crippen molar-refractivity contribution in [1.29, 1.82) is 0 Å². The Morgan fingerprint density at radius 3 is 2.52 bits per heavy atom. The number of ether oxygens (including phenoxy) is 1. The molecule has 1 aliphatic carbocycles. The van der Waals surface area contributed by atoms with Gasteiger partial charge in [0.1, 0.15) is 5.75 Å². The van der Waals surface area contributed by atoms with Crippen LogP contribution in [0.15, 0.2) is 24.3 Å². The Balaban J connectivity index is 1.74. The maximum atomic E-state index is 12.2. The molecule has 0 radical (unpaired) electrons. The molecule has 3 nitrogen and oxygen atoms in total. The molecule has 0 spiro atoms. The van der Waals surface area contributed by atoms with Gasteiger partial charge in [-0.05, 0) is 56.9 Å². The highest BCUT2D eigenvalue weighted by Crippen LogP contribution is 2.42. The van der Waals surface area contributed by atoms with Crippen molar-refractivity contribution in [2.24, 2.45) is 5.92 Å². The van der Waals surface area contributed by atoms with Gasteiger partial charge in [0.15, 0.2) is 0 Å². The molecule has 5 heteroatoms. The number of nitrogens with one attached hydrogen (secondary N) is 1. The standard InChI is InChI=1S/C16H22F2N2O/c1-11-9-19-16(2,12-3-4-12)10-20(11)13-5-7-14(8-6-13)21-15(17)18/h5-8,11-12,15,19H,3-4,9-10H2,1-2H3. The highest BCUT2D eigenvalue weighted by atomic mass is 19.3. The molecule has 116 valence electrons. The van der Waals surface area contributed by atoms with Crippen molar-refractivity contribution in [3.63, 3.8) is 0 Å². The number of piperazine rings is 1. The number of hydrogen-bond donors (Lipinski definition) is 1. The minimum Gasteiger partial charge on any atom is -0.435 e. The van der Waals surface area contributed by atoms with Gasteiger partial charge in [0.05, 0.1) is 0 Å². The number of anilines is 1. The highest BCUT2D eigenvalue weighted by Gasteiger charge is 2.45. The number of alkyl halides is 2. The molecule has 0 aromatic heterocycles. The predicted octanol–water partition coefficient (Wildman–Crippen LogP) is 3.25. The van der Waals surface area contributed by atoms with Crippen molar-refractivity contribution in [2.75, 3.05) is 18.0 Å². The summed E-state index contributed by atoms with van der Waals surface area (Å²) in [6, 6.07) is 7.36. The summed E-state index contributed by atoms with van der Waals surface area (Å²) >= 11 is 0. The number of benzene rings is 1. The molecule has 2 unspecified atom stereocenters. The summed E-state index contributed by atoms with van der Waals surface area (Å²) in [7, 11) is 0. The van der Waals surface area contributed by atoms with Crippen molar-refractivity contribution in [2.45, 2.75) is 44.9 Å². The largest absolute Gasteiger partial charge is 0.435 e. The molecular weight excluding hydrogens is 274 g/mol. The minimum absolute atomic E-state index is 0.157. The van der Waals surface area contributed by atoms with Crippen LogP contribution in [0.3, 0.4) is 0 Å². The second kappa shape index (κ2) is 5.44. The third kappa shape index (κ3) is 3.12. The van der Waals surface area contributed by atoms with Crippen LogP contribution in [0.1, 0.15) is 26.7 Å². The first kappa shape index (κ1) is 14.6. The molecule has 0 amide bonds. The zero-order valence-corrected chi connectivity index (χ0v) is 12.5. The van der Waals surface area contributed by atoms with Gasteiger partial charge in [-0.15, -0.1) is 0 Å². The Hall–Kier alpha value is -1.36. The normalized spacial score (nSPS) is 29.8. The molecule has 1 N–H and O–H groups in total. The molecule has 1 aliphatic heterocycles. The van der Waals surface area contributed by atoms with Crippen molar-refractivity contribution in [1.82, 2.24) is 5.32 Å². The summed E-state index contributed by atoms with van der Waals surface area (Å²) in [5.41, 5.74) is 1.22. The predicted molar refractivity (Wildman–Crippen MR) is 79.0 cm³/mol. The summed E-state index contributed by atoms with van der Waals surface area (Å²) in [5, 5.41) is 3.68. The molecule has 1 heterocycles. The average molecular weight is 296 g/mol. The molecular formula is C16H22F2N2O. The van der Waals surface area contributed by atoms with E-state index in [1.54, 1.807) is 12.1 Å². The smallest absolute Gasteiger partial charge is 0.387 e. The van der Waals surface area contributed by atoms with E-state index >= 15 is 0 Å². The van der Waals surface area contributed by atoms with Crippen LogP contribution < -0.4 is 15.0 Å². The summed E-state index contributed by atoms with van der Waals surface area (Å²) in [5.74, 6) is 0.968. The van der Waals surface area contributed by atoms with Crippen LogP contribution in [0.2, 0.25) is 0 Å². The Kier molecular flexibility index (Phi) is 3.78. The van der Waals surface area contributed by atoms with E-state index in [1.165, 1.54) is 12.8 Å². The maximum Gasteiger partial charge on any atom is 0.387 e. The fraction of sp³-hybridized carbons (Fsp3) is 0.625. The van der Waals surface area contributed by atoms with Crippen LogP contribution in [0.25, 0.3) is 0 Å². The van der Waals surface area contributed by atoms with E-state index in [1.807, 2.05) is 12.1 Å². The third-order valence-electron chi connectivity index (χ3n) is 4.70. The Morgan fingerprint density at radius 2 is 1.95 bits per heavy atom. The zero-order valence-electron chi connectivity index (χ0n) is 12.5. The van der Waals surface area contributed by atoms with Gasteiger partial charge in [0.25, 0.3) is 0 Å². The van der Waals surface area contributed by atoms with Crippen LogP contribution in [0, 0.1) is 5.92 Å². The quantitative estimate of drug-likeness (QED) is 0.923. The molecule has 0 bridgehead atoms. The lowest BCUT2D eigenvalue weighted by atomic mass is 9.91. The summed E-state index contributed by atoms with van der Waals surface area (Å²) in [4.78, 5) is 2.36. The van der Waals surface area contributed by atoms with E-state index in [-0.39, 0.29) is 11.3 Å². The van der Waals surface area contributed by atoms with Gasteiger partial charge in [-0.25, -0.2) is 0 Å². The van der Waals surface area contributed by atoms with E-state index < -0.39 is 6.61 Å². The van der Waals surface area contributed by atoms with Crippen LogP contribution in [-0.2, 0) is 0 Å². The summed E-state index contributed by atoms with van der Waals surface area (Å²) < 4.78 is 28.8. The van der Waals surface area contributed by atoms with Crippen molar-refractivity contribution in [3.05, 3.63) is 24.3 Å². The van der Waals surface area contributed by atoms with Crippen LogP contribution in [0.4, 0.5) is 14.5 Å². The average Bonchev–Trinajstić information content (AvgIpc) is 3.27. The van der Waals surface area contributed by atoms with Crippen LogP contribution in [-0.4, -0.2) is 31.3 Å². The van der Waals surface area contributed by atoms with E-state index in [0.29, 0.717) is 6.04 Å². The maximum absolute atomic E-state index is 12.2. The van der Waals surface area contributed by atoms with Crippen LogP contribution in [0.5, 0.6) is 5.75 Å². The number of rotatable bonds is 4. The zero-order chi connectivity index (χ0) is 15.0. The number of halogens is 2. The molecule has 21 heavy (non-hydrogen) atoms. The van der Waals surface area contributed by atoms with E-state index in [0.717, 1.165) is 24.7 Å². The first-order valence-electron chi connectivity index (χ1n) is 7.54. The van der Waals surface area contributed by atoms with Gasteiger partial charge in [0.2, 0.25) is 0 Å². The molecule has 2 aliphatic rings. The summed E-state index contributed by atoms with van der Waals surface area (Å²) in [6.07, 6.45) is 2.60. The molecule has 1 aromatic carbocycles. The lowest BCUT2D eigenvalue weighted by Gasteiger charge is -2.47. The lowest BCUT2D eigenvalue weighted by molar-refractivity contribution is -0.0498. The van der Waals surface area contributed by atoms with E-state index in [2.05, 4.69) is 28.8 Å². The monoisotopic (exact) mass is 296 g/mol. The molecule has 3 rings (SSSR count). The SMILES string of the molecule is CC1CNC(C)(C2CC2)CN1c1ccc(OC(F)F)cc1. The Bertz CT molecular complexity index is 490. The van der Waals surface area contributed by atoms with Crippen molar-refractivity contribution >= 4 is 5.69 Å². The third-order valence-corrected chi connectivity index (χ3v) is 4.70. The summed E-state index contributed by atoms with van der Waals surface area (Å²) in [6.45, 7) is 3.60. The first-order chi connectivity index (χ1) is 9.98. The minimum atomic E-state index is -2.77. The van der Waals surface area contributed by atoms with Crippen molar-refractivity contribution in [3.8, 4) is 5.75 Å². The van der Waals surface area contributed by atoms with Gasteiger partial charge < -0.3 is 15.0 Å². The van der Waals surface area contributed by atoms with Crippen molar-refractivity contribution < 1.29 is 13.5 Å². The second-order valence-electron chi connectivity index (χ2n) is 6.42. The molecule has 2 atom stereocenters. The molecule has 2 fully saturated rings. The molecule has 1 saturated heterocycles. The van der Waals surface area contributed by atoms with Gasteiger partial charge in [-0.3, -0.25) is 0 Å². The van der Waals surface area contributed by atoms with Gasteiger partial charge in [-0.1, -0.05) is 0 Å². The highest BCUT2D eigenvalue weighted by molar-refractivity contribution is 5.51. The Morgan fingerprint density at radius 1 is 1.29 bits per heavy atom. The van der Waals surface area contributed by atoms with Gasteiger partial charge in [0, 0.05) is 30.4 Å². The molecule has 1 aromatic rings. The topological polar surface area (TPSA) is 24.5 Å². The Labute approximate surface area is 124 Å². The van der Waals surface area contributed by atoms with E-state index in [9.17, 15) is 8.78 Å². The molecule has 1 saturated carbocycles. The van der Waals surface area contributed by atoms with Gasteiger partial charge in [-0.2, -0.15) is 8.78 Å². The fourth-order valence-corrected chi connectivity index (χ4v) is 3.22.